The predicted molar refractivity (Wildman–Crippen MR) is 61.8 cm³/mol. The van der Waals surface area contributed by atoms with Crippen LogP contribution in [0.3, 0.4) is 0 Å². The summed E-state index contributed by atoms with van der Waals surface area (Å²) in [4.78, 5) is 14.2. The lowest BCUT2D eigenvalue weighted by Gasteiger charge is -2.42. The van der Waals surface area contributed by atoms with Crippen molar-refractivity contribution in [2.75, 3.05) is 6.54 Å². The van der Waals surface area contributed by atoms with Gasteiger partial charge in [0.05, 0.1) is 0 Å². The minimum absolute atomic E-state index is 0.267. The van der Waals surface area contributed by atoms with Gasteiger partial charge in [-0.05, 0) is 19.8 Å². The third-order valence-electron chi connectivity index (χ3n) is 4.14. The number of ketones is 1. The normalized spacial score (nSPS) is 35.7. The quantitative estimate of drug-likeness (QED) is 0.661. The number of rotatable bonds is 1. The Labute approximate surface area is 93.0 Å². The summed E-state index contributed by atoms with van der Waals surface area (Å²) >= 11 is 0. The Balaban J connectivity index is 1.98. The molecule has 2 fully saturated rings. The topological polar surface area (TPSA) is 20.3 Å². The summed E-state index contributed by atoms with van der Waals surface area (Å²) in [5, 5.41) is 0. The summed E-state index contributed by atoms with van der Waals surface area (Å²) in [5.41, 5.74) is 0. The Morgan fingerprint density at radius 3 is 2.47 bits per heavy atom. The number of hydrogen-bond donors (Lipinski definition) is 0. The number of likely N-dealkylation sites (tertiary alicyclic amines) is 1. The second-order valence-electron chi connectivity index (χ2n) is 5.41. The monoisotopic (exact) mass is 209 g/mol. The first kappa shape index (κ1) is 11.1. The van der Waals surface area contributed by atoms with E-state index >= 15 is 0 Å². The van der Waals surface area contributed by atoms with E-state index in [-0.39, 0.29) is 5.92 Å². The SMILES string of the molecule is CC1CN(C2CCCCC2)C(C)CC1=O. The molecular formula is C13H23NO. The molecule has 0 amide bonds. The molecule has 1 saturated heterocycles. The van der Waals surface area contributed by atoms with Crippen molar-refractivity contribution in [1.82, 2.24) is 4.90 Å². The number of nitrogens with zero attached hydrogens (tertiary/aromatic N) is 1. The largest absolute Gasteiger partial charge is 0.299 e. The average molecular weight is 209 g/mol. The first-order valence-corrected chi connectivity index (χ1v) is 6.47. The number of carbonyl (C=O) groups excluding carboxylic acids is 1. The Morgan fingerprint density at radius 2 is 1.80 bits per heavy atom. The van der Waals surface area contributed by atoms with E-state index in [0.29, 0.717) is 11.8 Å². The molecule has 0 bridgehead atoms. The molecule has 2 unspecified atom stereocenters. The van der Waals surface area contributed by atoms with Crippen molar-refractivity contribution in [2.45, 2.75) is 64.5 Å². The van der Waals surface area contributed by atoms with Crippen LogP contribution < -0.4 is 0 Å². The Bertz CT molecular complexity index is 233. The van der Waals surface area contributed by atoms with Gasteiger partial charge in [0, 0.05) is 31.0 Å². The Hall–Kier alpha value is -0.370. The molecule has 0 spiro atoms. The highest BCUT2D eigenvalue weighted by molar-refractivity contribution is 5.82. The molecule has 2 heteroatoms. The van der Waals surface area contributed by atoms with E-state index in [1.165, 1.54) is 32.1 Å². The maximum Gasteiger partial charge on any atom is 0.138 e. The van der Waals surface area contributed by atoms with Crippen LogP contribution in [0.1, 0.15) is 52.4 Å². The first-order valence-electron chi connectivity index (χ1n) is 6.47. The van der Waals surface area contributed by atoms with Gasteiger partial charge in [0.15, 0.2) is 0 Å². The van der Waals surface area contributed by atoms with Crippen molar-refractivity contribution < 1.29 is 4.79 Å². The summed E-state index contributed by atoms with van der Waals surface area (Å²) in [7, 11) is 0. The molecule has 0 aromatic rings. The Kier molecular flexibility index (Phi) is 3.45. The number of hydrogen-bond acceptors (Lipinski definition) is 2. The molecule has 1 aliphatic heterocycles. The second kappa shape index (κ2) is 4.65. The predicted octanol–water partition coefficient (Wildman–Crippen LogP) is 2.62. The van der Waals surface area contributed by atoms with Gasteiger partial charge in [-0.15, -0.1) is 0 Å². The van der Waals surface area contributed by atoms with Gasteiger partial charge in [0.2, 0.25) is 0 Å². The second-order valence-corrected chi connectivity index (χ2v) is 5.41. The third-order valence-corrected chi connectivity index (χ3v) is 4.14. The molecule has 2 aliphatic rings. The molecule has 0 aromatic carbocycles. The van der Waals surface area contributed by atoms with Gasteiger partial charge in [-0.3, -0.25) is 9.69 Å². The zero-order valence-electron chi connectivity index (χ0n) is 10.0. The fourth-order valence-electron chi connectivity index (χ4n) is 3.13. The zero-order valence-corrected chi connectivity index (χ0v) is 10.0. The van der Waals surface area contributed by atoms with Crippen LogP contribution in [-0.4, -0.2) is 29.3 Å². The van der Waals surface area contributed by atoms with E-state index in [1.807, 2.05) is 0 Å². The van der Waals surface area contributed by atoms with E-state index in [2.05, 4.69) is 18.7 Å². The highest BCUT2D eigenvalue weighted by Crippen LogP contribution is 2.28. The molecule has 15 heavy (non-hydrogen) atoms. The lowest BCUT2D eigenvalue weighted by molar-refractivity contribution is -0.128. The minimum Gasteiger partial charge on any atom is -0.299 e. The smallest absolute Gasteiger partial charge is 0.138 e. The maximum atomic E-state index is 11.6. The lowest BCUT2D eigenvalue weighted by atomic mass is 9.87. The van der Waals surface area contributed by atoms with Crippen LogP contribution in [0.4, 0.5) is 0 Å². The van der Waals surface area contributed by atoms with Crippen molar-refractivity contribution >= 4 is 5.78 Å². The van der Waals surface area contributed by atoms with E-state index in [4.69, 9.17) is 0 Å². The molecule has 0 aromatic heterocycles. The van der Waals surface area contributed by atoms with Crippen molar-refractivity contribution in [2.24, 2.45) is 5.92 Å². The standard InChI is InChI=1S/C13H23NO/c1-10-9-14(11(2)8-13(10)15)12-6-4-3-5-7-12/h10-12H,3-9H2,1-2H3. The van der Waals surface area contributed by atoms with Gasteiger partial charge in [-0.1, -0.05) is 26.2 Å². The zero-order chi connectivity index (χ0) is 10.8. The highest BCUT2D eigenvalue weighted by atomic mass is 16.1. The third kappa shape index (κ3) is 2.41. The fraction of sp³-hybridized carbons (Fsp3) is 0.923. The van der Waals surface area contributed by atoms with E-state index < -0.39 is 0 Å². The van der Waals surface area contributed by atoms with Gasteiger partial charge in [0.25, 0.3) is 0 Å². The van der Waals surface area contributed by atoms with E-state index in [9.17, 15) is 4.79 Å². The lowest BCUT2D eigenvalue weighted by Crippen LogP contribution is -2.51. The molecule has 0 radical (unpaired) electrons. The van der Waals surface area contributed by atoms with Gasteiger partial charge in [-0.25, -0.2) is 0 Å². The van der Waals surface area contributed by atoms with Crippen LogP contribution in [0.25, 0.3) is 0 Å². The molecule has 2 rings (SSSR count). The molecule has 0 N–H and O–H groups in total. The van der Waals surface area contributed by atoms with E-state index in [0.717, 1.165) is 19.0 Å². The van der Waals surface area contributed by atoms with E-state index in [1.54, 1.807) is 0 Å². The maximum absolute atomic E-state index is 11.6. The van der Waals surface area contributed by atoms with Gasteiger partial charge >= 0.3 is 0 Å². The first-order chi connectivity index (χ1) is 7.18. The Morgan fingerprint density at radius 1 is 1.13 bits per heavy atom. The van der Waals surface area contributed by atoms with Crippen LogP contribution in [0.2, 0.25) is 0 Å². The molecule has 2 nitrogen and oxygen atoms in total. The van der Waals surface area contributed by atoms with Gasteiger partial charge in [-0.2, -0.15) is 0 Å². The van der Waals surface area contributed by atoms with Crippen LogP contribution >= 0.6 is 0 Å². The summed E-state index contributed by atoms with van der Waals surface area (Å²) in [5.74, 6) is 0.734. The minimum atomic E-state index is 0.267. The molecule has 2 atom stereocenters. The number of Topliss-reactive ketones (excluding diaryl/α,β-unsaturated/α-hetero) is 1. The van der Waals surface area contributed by atoms with Gasteiger partial charge < -0.3 is 0 Å². The molecule has 86 valence electrons. The fourth-order valence-corrected chi connectivity index (χ4v) is 3.13. The number of carbonyl (C=O) groups is 1. The van der Waals surface area contributed by atoms with Crippen LogP contribution in [0, 0.1) is 5.92 Å². The summed E-state index contributed by atoms with van der Waals surface area (Å²) in [6, 6.07) is 1.25. The average Bonchev–Trinajstić information content (AvgIpc) is 2.25. The molecular weight excluding hydrogens is 186 g/mol. The summed E-state index contributed by atoms with van der Waals surface area (Å²) < 4.78 is 0. The summed E-state index contributed by atoms with van der Waals surface area (Å²) in [6.07, 6.45) is 7.66. The number of piperidine rings is 1. The van der Waals surface area contributed by atoms with Crippen molar-refractivity contribution in [3.8, 4) is 0 Å². The molecule has 1 aliphatic carbocycles. The van der Waals surface area contributed by atoms with Crippen LogP contribution in [0.15, 0.2) is 0 Å². The molecule has 1 heterocycles. The van der Waals surface area contributed by atoms with Gasteiger partial charge in [0.1, 0.15) is 5.78 Å². The van der Waals surface area contributed by atoms with Crippen molar-refractivity contribution in [3.63, 3.8) is 0 Å². The van der Waals surface area contributed by atoms with Crippen molar-refractivity contribution in [1.29, 1.82) is 0 Å². The van der Waals surface area contributed by atoms with Crippen LogP contribution in [0.5, 0.6) is 0 Å². The molecule has 1 saturated carbocycles. The van der Waals surface area contributed by atoms with Crippen LogP contribution in [-0.2, 0) is 4.79 Å². The van der Waals surface area contributed by atoms with Crippen molar-refractivity contribution in [3.05, 3.63) is 0 Å². The summed E-state index contributed by atoms with van der Waals surface area (Å²) in [6.45, 7) is 5.31. The highest BCUT2D eigenvalue weighted by Gasteiger charge is 2.33.